The Balaban J connectivity index is 0.00000162. The predicted molar refractivity (Wildman–Crippen MR) is 72.0 cm³/mol. The topological polar surface area (TPSA) is 25.2 Å². The SMILES string of the molecule is CC(=Nc1c(C)cccc1C)c1ccccn1.[Ni+2]. The predicted octanol–water partition coefficient (Wildman–Crippen LogP) is 3.84. The summed E-state index contributed by atoms with van der Waals surface area (Å²) in [6.45, 7) is 6.16. The minimum Gasteiger partial charge on any atom is -0.255 e. The van der Waals surface area contributed by atoms with Crippen LogP contribution in [0.25, 0.3) is 0 Å². The minimum absolute atomic E-state index is 0. The third-order valence-electron chi connectivity index (χ3n) is 2.75. The molecule has 2 nitrogen and oxygen atoms in total. The zero-order chi connectivity index (χ0) is 12.3. The maximum atomic E-state index is 4.68. The summed E-state index contributed by atoms with van der Waals surface area (Å²) in [7, 11) is 0. The standard InChI is InChI=1S/C15H16N2.Ni/c1-11-7-6-8-12(2)15(11)17-13(3)14-9-4-5-10-16-14;/h4-10H,1-3H3;/q;+2. The van der Waals surface area contributed by atoms with Crippen LogP contribution in [0.4, 0.5) is 5.69 Å². The van der Waals surface area contributed by atoms with Crippen molar-refractivity contribution in [1.82, 2.24) is 4.98 Å². The molecule has 18 heavy (non-hydrogen) atoms. The molecular weight excluding hydrogens is 267 g/mol. The monoisotopic (exact) mass is 282 g/mol. The number of aliphatic imine (C=N–C) groups is 1. The number of hydrogen-bond donors (Lipinski definition) is 0. The van der Waals surface area contributed by atoms with Gasteiger partial charge < -0.3 is 0 Å². The van der Waals surface area contributed by atoms with Crippen molar-refractivity contribution >= 4 is 11.4 Å². The second-order valence-corrected chi connectivity index (χ2v) is 4.15. The molecule has 0 amide bonds. The molecule has 0 spiro atoms. The number of aromatic nitrogens is 1. The number of hydrogen-bond acceptors (Lipinski definition) is 2. The fraction of sp³-hybridized carbons (Fsp3) is 0.200. The van der Waals surface area contributed by atoms with Crippen molar-refractivity contribution in [3.8, 4) is 0 Å². The summed E-state index contributed by atoms with van der Waals surface area (Å²) < 4.78 is 0. The summed E-state index contributed by atoms with van der Waals surface area (Å²) in [5.74, 6) is 0. The quantitative estimate of drug-likeness (QED) is 0.607. The van der Waals surface area contributed by atoms with Gasteiger partial charge in [0.25, 0.3) is 0 Å². The molecule has 0 aliphatic heterocycles. The van der Waals surface area contributed by atoms with Crippen LogP contribution >= 0.6 is 0 Å². The normalized spacial score (nSPS) is 10.9. The number of benzene rings is 1. The first kappa shape index (κ1) is 14.6. The number of aryl methyl sites for hydroxylation is 2. The van der Waals surface area contributed by atoms with Gasteiger partial charge in [-0.25, -0.2) is 0 Å². The van der Waals surface area contributed by atoms with Crippen molar-refractivity contribution in [3.63, 3.8) is 0 Å². The van der Waals surface area contributed by atoms with Gasteiger partial charge in [0, 0.05) is 6.20 Å². The van der Waals surface area contributed by atoms with Crippen LogP contribution in [0.5, 0.6) is 0 Å². The molecule has 0 N–H and O–H groups in total. The molecule has 2 aromatic rings. The molecule has 94 valence electrons. The van der Waals surface area contributed by atoms with Crippen molar-refractivity contribution in [2.24, 2.45) is 4.99 Å². The van der Waals surface area contributed by atoms with Gasteiger partial charge in [0.15, 0.2) is 0 Å². The van der Waals surface area contributed by atoms with Gasteiger partial charge in [0.05, 0.1) is 17.1 Å². The summed E-state index contributed by atoms with van der Waals surface area (Å²) in [5.41, 5.74) is 5.31. The van der Waals surface area contributed by atoms with Gasteiger partial charge in [-0.15, -0.1) is 0 Å². The smallest absolute Gasteiger partial charge is 0.255 e. The second kappa shape index (κ2) is 6.46. The molecule has 0 saturated heterocycles. The van der Waals surface area contributed by atoms with Crippen LogP contribution in [0.3, 0.4) is 0 Å². The maximum Gasteiger partial charge on any atom is 2.00 e. The molecule has 1 aromatic carbocycles. The van der Waals surface area contributed by atoms with Gasteiger partial charge in [-0.1, -0.05) is 24.3 Å². The van der Waals surface area contributed by atoms with Crippen LogP contribution in [0.1, 0.15) is 23.7 Å². The van der Waals surface area contributed by atoms with Crippen molar-refractivity contribution < 1.29 is 16.5 Å². The van der Waals surface area contributed by atoms with Crippen LogP contribution in [-0.2, 0) is 16.5 Å². The molecule has 0 bridgehead atoms. The molecule has 2 rings (SSSR count). The molecule has 1 aromatic heterocycles. The van der Waals surface area contributed by atoms with E-state index in [1.165, 1.54) is 11.1 Å². The largest absolute Gasteiger partial charge is 2.00 e. The maximum absolute atomic E-state index is 4.68. The molecule has 0 aliphatic carbocycles. The van der Waals surface area contributed by atoms with Crippen LogP contribution in [0.2, 0.25) is 0 Å². The van der Waals surface area contributed by atoms with E-state index in [0.29, 0.717) is 0 Å². The Morgan fingerprint density at radius 1 is 1.00 bits per heavy atom. The Hall–Kier alpha value is -1.47. The van der Waals surface area contributed by atoms with Gasteiger partial charge in [-0.3, -0.25) is 9.98 Å². The Labute approximate surface area is 118 Å². The number of nitrogens with zero attached hydrogens (tertiary/aromatic N) is 2. The van der Waals surface area contributed by atoms with E-state index >= 15 is 0 Å². The van der Waals surface area contributed by atoms with E-state index in [9.17, 15) is 0 Å². The number of para-hydroxylation sites is 1. The van der Waals surface area contributed by atoms with Gasteiger partial charge >= 0.3 is 16.5 Å². The third kappa shape index (κ3) is 3.27. The first-order chi connectivity index (χ1) is 8.18. The van der Waals surface area contributed by atoms with Crippen LogP contribution in [-0.4, -0.2) is 10.7 Å². The van der Waals surface area contributed by atoms with E-state index in [1.807, 2.05) is 25.1 Å². The summed E-state index contributed by atoms with van der Waals surface area (Å²) >= 11 is 0. The zero-order valence-electron chi connectivity index (χ0n) is 10.8. The number of pyridine rings is 1. The average Bonchev–Trinajstić information content (AvgIpc) is 2.35. The number of rotatable bonds is 2. The molecule has 0 fully saturated rings. The molecule has 0 atom stereocenters. The second-order valence-electron chi connectivity index (χ2n) is 4.15. The molecule has 3 heteroatoms. The molecular formula is C15H16N2Ni+2. The molecule has 0 saturated carbocycles. The summed E-state index contributed by atoms with van der Waals surface area (Å²) in [4.78, 5) is 8.99. The summed E-state index contributed by atoms with van der Waals surface area (Å²) in [6.07, 6.45) is 1.79. The van der Waals surface area contributed by atoms with Gasteiger partial charge in [-0.05, 0) is 44.0 Å². The zero-order valence-corrected chi connectivity index (χ0v) is 11.7. The van der Waals surface area contributed by atoms with Crippen LogP contribution < -0.4 is 0 Å². The third-order valence-corrected chi connectivity index (χ3v) is 2.75. The van der Waals surface area contributed by atoms with Gasteiger partial charge in [0.1, 0.15) is 0 Å². The molecule has 0 radical (unpaired) electrons. The van der Waals surface area contributed by atoms with Crippen molar-refractivity contribution in [3.05, 3.63) is 59.4 Å². The van der Waals surface area contributed by atoms with Crippen LogP contribution in [0.15, 0.2) is 47.6 Å². The van der Waals surface area contributed by atoms with Gasteiger partial charge in [-0.2, -0.15) is 0 Å². The van der Waals surface area contributed by atoms with Crippen LogP contribution in [0, 0.1) is 13.8 Å². The van der Waals surface area contributed by atoms with Gasteiger partial charge in [0.2, 0.25) is 0 Å². The Morgan fingerprint density at radius 2 is 1.67 bits per heavy atom. The fourth-order valence-corrected chi connectivity index (χ4v) is 1.78. The summed E-state index contributed by atoms with van der Waals surface area (Å²) in [5, 5.41) is 0. The van der Waals surface area contributed by atoms with Crippen molar-refractivity contribution in [2.75, 3.05) is 0 Å². The van der Waals surface area contributed by atoms with Crippen molar-refractivity contribution in [2.45, 2.75) is 20.8 Å². The van der Waals surface area contributed by atoms with Crippen molar-refractivity contribution in [1.29, 1.82) is 0 Å². The molecule has 0 unspecified atom stereocenters. The minimum atomic E-state index is 0. The first-order valence-electron chi connectivity index (χ1n) is 5.71. The van der Waals surface area contributed by atoms with E-state index in [4.69, 9.17) is 0 Å². The van der Waals surface area contributed by atoms with E-state index < -0.39 is 0 Å². The fourth-order valence-electron chi connectivity index (χ4n) is 1.78. The Morgan fingerprint density at radius 3 is 2.22 bits per heavy atom. The average molecular weight is 283 g/mol. The van der Waals surface area contributed by atoms with E-state index in [0.717, 1.165) is 17.1 Å². The Kier molecular flexibility index (Phi) is 5.24. The van der Waals surface area contributed by atoms with E-state index in [1.54, 1.807) is 6.20 Å². The Bertz CT molecular complexity index is 527. The first-order valence-corrected chi connectivity index (χ1v) is 5.71. The van der Waals surface area contributed by atoms with E-state index in [-0.39, 0.29) is 16.5 Å². The molecule has 1 heterocycles. The summed E-state index contributed by atoms with van der Waals surface area (Å²) in [6, 6.07) is 12.1. The van der Waals surface area contributed by atoms with E-state index in [2.05, 4.69) is 42.0 Å². The molecule has 0 aliphatic rings.